The van der Waals surface area contributed by atoms with Crippen LogP contribution >= 0.6 is 23.5 Å². The Balaban J connectivity index is 1.76. The van der Waals surface area contributed by atoms with Gasteiger partial charge in [0.05, 0.1) is 44.3 Å². The molecule has 0 saturated heterocycles. The van der Waals surface area contributed by atoms with Gasteiger partial charge in [-0.3, -0.25) is 9.59 Å². The molecule has 0 aliphatic carbocycles. The number of hydrogen-bond acceptors (Lipinski definition) is 7. The maximum absolute atomic E-state index is 13.7. The van der Waals surface area contributed by atoms with Crippen molar-refractivity contribution in [2.45, 2.75) is 40.2 Å². The summed E-state index contributed by atoms with van der Waals surface area (Å²) in [6.07, 6.45) is 4.08. The molecule has 3 aromatic carbocycles. The Morgan fingerprint density at radius 1 is 0.949 bits per heavy atom. The number of carbonyl (C=O) groups excluding carboxylic acids is 2. The van der Waals surface area contributed by atoms with Gasteiger partial charge in [-0.15, -0.1) is 23.5 Å². The Morgan fingerprint density at radius 2 is 1.54 bits per heavy atom. The standard InChI is InChI=1S/C31H33NO5S2/c1-4-37-29(34)17-11-12-18-32-28(33)20-22-19-26(35-2)27(36-3)21-25(22)30(32)31(38-23-13-7-5-8-14-23)39-24-15-9-6-10-16-24/h5-16,19,21,30-31H,4,17-18,20H2,1-3H3/b12-11+. The lowest BCUT2D eigenvalue weighted by Crippen LogP contribution is -2.44. The van der Waals surface area contributed by atoms with Crippen molar-refractivity contribution in [1.29, 1.82) is 0 Å². The highest BCUT2D eigenvalue weighted by Gasteiger charge is 2.39. The van der Waals surface area contributed by atoms with E-state index in [1.807, 2.05) is 59.5 Å². The van der Waals surface area contributed by atoms with Crippen LogP contribution in [-0.4, -0.2) is 48.7 Å². The Labute approximate surface area is 238 Å². The molecule has 0 fully saturated rings. The van der Waals surface area contributed by atoms with Crippen LogP contribution in [0.15, 0.2) is 94.7 Å². The summed E-state index contributed by atoms with van der Waals surface area (Å²) in [5.41, 5.74) is 1.96. The number of esters is 1. The van der Waals surface area contributed by atoms with Crippen molar-refractivity contribution in [3.8, 4) is 11.5 Å². The molecule has 3 aromatic rings. The van der Waals surface area contributed by atoms with E-state index in [1.54, 1.807) is 50.7 Å². The first-order valence-corrected chi connectivity index (χ1v) is 14.6. The second-order valence-electron chi connectivity index (χ2n) is 8.78. The van der Waals surface area contributed by atoms with E-state index < -0.39 is 0 Å². The first-order valence-electron chi connectivity index (χ1n) is 12.8. The van der Waals surface area contributed by atoms with Crippen LogP contribution in [0.3, 0.4) is 0 Å². The average molecular weight is 564 g/mol. The molecule has 0 saturated carbocycles. The van der Waals surface area contributed by atoms with Crippen LogP contribution in [-0.2, 0) is 20.7 Å². The molecule has 1 aliphatic rings. The first kappa shape index (κ1) is 28.6. The largest absolute Gasteiger partial charge is 0.493 e. The maximum atomic E-state index is 13.7. The van der Waals surface area contributed by atoms with E-state index in [1.165, 1.54) is 0 Å². The van der Waals surface area contributed by atoms with E-state index in [2.05, 4.69) is 24.3 Å². The second-order valence-corrected chi connectivity index (χ2v) is 11.5. The number of carbonyl (C=O) groups is 2. The molecular formula is C31H33NO5S2. The van der Waals surface area contributed by atoms with Crippen molar-refractivity contribution in [1.82, 2.24) is 4.90 Å². The third-order valence-corrected chi connectivity index (χ3v) is 8.92. The summed E-state index contributed by atoms with van der Waals surface area (Å²) in [5.74, 6) is 0.970. The van der Waals surface area contributed by atoms with Crippen LogP contribution in [0, 0.1) is 0 Å². The molecule has 0 radical (unpaired) electrons. The van der Waals surface area contributed by atoms with Crippen LogP contribution < -0.4 is 9.47 Å². The average Bonchev–Trinajstić information content (AvgIpc) is 2.95. The molecule has 1 amide bonds. The third-order valence-electron chi connectivity index (χ3n) is 6.27. The number of nitrogens with zero attached hydrogens (tertiary/aromatic N) is 1. The number of amides is 1. The minimum absolute atomic E-state index is 0.0211. The lowest BCUT2D eigenvalue weighted by atomic mass is 9.92. The smallest absolute Gasteiger partial charge is 0.309 e. The summed E-state index contributed by atoms with van der Waals surface area (Å²) in [6.45, 7) is 2.50. The lowest BCUT2D eigenvalue weighted by molar-refractivity contribution is -0.142. The van der Waals surface area contributed by atoms with Gasteiger partial charge in [0, 0.05) is 16.3 Å². The molecular weight excluding hydrogens is 530 g/mol. The minimum Gasteiger partial charge on any atom is -0.493 e. The monoisotopic (exact) mass is 563 g/mol. The number of ether oxygens (including phenoxy) is 3. The van der Waals surface area contributed by atoms with E-state index in [0.29, 0.717) is 24.7 Å². The zero-order valence-electron chi connectivity index (χ0n) is 22.4. The molecule has 0 spiro atoms. The second kappa shape index (κ2) is 14.1. The highest BCUT2D eigenvalue weighted by atomic mass is 32.2. The first-order chi connectivity index (χ1) is 19.0. The molecule has 6 nitrogen and oxygen atoms in total. The van der Waals surface area contributed by atoms with Crippen LogP contribution in [0.5, 0.6) is 11.5 Å². The molecule has 1 atom stereocenters. The third kappa shape index (κ3) is 7.40. The molecule has 204 valence electrons. The van der Waals surface area contributed by atoms with Crippen molar-refractivity contribution in [3.05, 3.63) is 96.1 Å². The van der Waals surface area contributed by atoms with Gasteiger partial charge in [0.1, 0.15) is 0 Å². The molecule has 0 aromatic heterocycles. The molecule has 1 heterocycles. The fourth-order valence-corrected chi connectivity index (χ4v) is 7.34. The maximum Gasteiger partial charge on any atom is 0.309 e. The zero-order valence-corrected chi connectivity index (χ0v) is 24.0. The predicted octanol–water partition coefficient (Wildman–Crippen LogP) is 6.55. The normalized spacial score (nSPS) is 14.9. The van der Waals surface area contributed by atoms with Gasteiger partial charge >= 0.3 is 5.97 Å². The van der Waals surface area contributed by atoms with Crippen molar-refractivity contribution >= 4 is 35.4 Å². The highest BCUT2D eigenvalue weighted by Crippen LogP contribution is 2.49. The fraction of sp³-hybridized carbons (Fsp3) is 0.290. The molecule has 8 heteroatoms. The van der Waals surface area contributed by atoms with Gasteiger partial charge in [-0.2, -0.15) is 0 Å². The van der Waals surface area contributed by atoms with Gasteiger partial charge < -0.3 is 19.1 Å². The van der Waals surface area contributed by atoms with E-state index in [9.17, 15) is 9.59 Å². The lowest BCUT2D eigenvalue weighted by Gasteiger charge is -2.41. The van der Waals surface area contributed by atoms with Gasteiger partial charge in [-0.1, -0.05) is 48.6 Å². The van der Waals surface area contributed by atoms with Crippen molar-refractivity contribution < 1.29 is 23.8 Å². The van der Waals surface area contributed by atoms with Gasteiger partial charge in [0.2, 0.25) is 5.91 Å². The summed E-state index contributed by atoms with van der Waals surface area (Å²) < 4.78 is 16.2. The quantitative estimate of drug-likeness (QED) is 0.107. The van der Waals surface area contributed by atoms with Gasteiger partial charge in [-0.05, 0) is 54.4 Å². The summed E-state index contributed by atoms with van der Waals surface area (Å²) in [7, 11) is 3.23. The number of methoxy groups -OCH3 is 2. The number of fused-ring (bicyclic) bond motifs is 1. The molecule has 1 unspecified atom stereocenters. The number of hydrogen-bond donors (Lipinski definition) is 0. The topological polar surface area (TPSA) is 65.1 Å². The Morgan fingerprint density at radius 3 is 2.10 bits per heavy atom. The van der Waals surface area contributed by atoms with E-state index >= 15 is 0 Å². The number of benzene rings is 3. The van der Waals surface area contributed by atoms with Crippen LogP contribution in [0.25, 0.3) is 0 Å². The summed E-state index contributed by atoms with van der Waals surface area (Å²) in [4.78, 5) is 29.7. The summed E-state index contributed by atoms with van der Waals surface area (Å²) in [6, 6.07) is 24.1. The summed E-state index contributed by atoms with van der Waals surface area (Å²) >= 11 is 3.46. The number of rotatable bonds is 12. The van der Waals surface area contributed by atoms with Crippen LogP contribution in [0.1, 0.15) is 30.5 Å². The fourth-order valence-electron chi connectivity index (χ4n) is 4.47. The predicted molar refractivity (Wildman–Crippen MR) is 156 cm³/mol. The van der Waals surface area contributed by atoms with Gasteiger partial charge in [-0.25, -0.2) is 0 Å². The highest BCUT2D eigenvalue weighted by molar-refractivity contribution is 8.17. The molecule has 39 heavy (non-hydrogen) atoms. The molecule has 4 rings (SSSR count). The van der Waals surface area contributed by atoms with Crippen LogP contribution in [0.4, 0.5) is 0 Å². The van der Waals surface area contributed by atoms with Crippen LogP contribution in [0.2, 0.25) is 0 Å². The van der Waals surface area contributed by atoms with Gasteiger partial charge in [0.25, 0.3) is 0 Å². The van der Waals surface area contributed by atoms with Gasteiger partial charge in [0.15, 0.2) is 11.5 Å². The molecule has 0 N–H and O–H groups in total. The summed E-state index contributed by atoms with van der Waals surface area (Å²) in [5, 5.41) is 0. The SMILES string of the molecule is CCOC(=O)C/C=C/CN1C(=O)Cc2cc(OC)c(OC)cc2C1C(Sc1ccccc1)Sc1ccccc1. The van der Waals surface area contributed by atoms with E-state index in [4.69, 9.17) is 14.2 Å². The Hall–Kier alpha value is -3.36. The van der Waals surface area contributed by atoms with Crippen molar-refractivity contribution in [3.63, 3.8) is 0 Å². The van der Waals surface area contributed by atoms with Crippen molar-refractivity contribution in [2.24, 2.45) is 0 Å². The zero-order chi connectivity index (χ0) is 27.6. The molecule has 0 bridgehead atoms. The Kier molecular flexibility index (Phi) is 10.4. The van der Waals surface area contributed by atoms with E-state index in [-0.39, 0.29) is 35.3 Å². The van der Waals surface area contributed by atoms with Crippen molar-refractivity contribution in [2.75, 3.05) is 27.4 Å². The number of thioether (sulfide) groups is 2. The molecule has 1 aliphatic heterocycles. The minimum atomic E-state index is -0.283. The van der Waals surface area contributed by atoms with E-state index in [0.717, 1.165) is 20.9 Å². The Bertz CT molecular complexity index is 1240.